The van der Waals surface area contributed by atoms with E-state index in [2.05, 4.69) is 23.5 Å². The van der Waals surface area contributed by atoms with E-state index in [9.17, 15) is 4.79 Å². The highest BCUT2D eigenvalue weighted by molar-refractivity contribution is 7.98. The maximum absolute atomic E-state index is 11.6. The minimum absolute atomic E-state index is 0.0659. The van der Waals surface area contributed by atoms with E-state index in [1.807, 2.05) is 36.0 Å². The smallest absolute Gasteiger partial charge is 0.251 e. The topological polar surface area (TPSA) is 41.1 Å². The Bertz CT molecular complexity index is 376. The van der Waals surface area contributed by atoms with Gasteiger partial charge in [-0.15, -0.1) is 6.58 Å². The molecule has 3 nitrogen and oxygen atoms in total. The Balaban J connectivity index is 2.41. The van der Waals surface area contributed by atoms with Gasteiger partial charge in [0.05, 0.1) is 0 Å². The summed E-state index contributed by atoms with van der Waals surface area (Å²) in [5.74, 6) is 1.10. The number of benzene rings is 1. The fraction of sp³-hybridized carbons (Fsp3) is 0.357. The number of rotatable bonds is 8. The van der Waals surface area contributed by atoms with E-state index < -0.39 is 0 Å². The molecule has 0 spiro atoms. The molecule has 0 aliphatic rings. The zero-order chi connectivity index (χ0) is 13.2. The number of amides is 1. The first-order chi connectivity index (χ1) is 8.77. The molecule has 1 aromatic rings. The molecule has 0 saturated heterocycles. The third-order valence-corrected chi connectivity index (χ3v) is 3.11. The molecule has 1 aromatic carbocycles. The molecule has 2 N–H and O–H groups in total. The molecule has 18 heavy (non-hydrogen) atoms. The highest BCUT2D eigenvalue weighted by Gasteiger charge is 2.03. The monoisotopic (exact) mass is 264 g/mol. The number of hydrogen-bond donors (Lipinski definition) is 2. The Labute approximate surface area is 113 Å². The van der Waals surface area contributed by atoms with E-state index >= 15 is 0 Å². The van der Waals surface area contributed by atoms with Crippen molar-refractivity contribution in [2.75, 3.05) is 30.4 Å². The van der Waals surface area contributed by atoms with E-state index in [1.165, 1.54) is 0 Å². The Morgan fingerprint density at radius 3 is 2.72 bits per heavy atom. The average Bonchev–Trinajstić information content (AvgIpc) is 2.41. The van der Waals surface area contributed by atoms with Crippen molar-refractivity contribution >= 4 is 23.4 Å². The highest BCUT2D eigenvalue weighted by atomic mass is 32.2. The number of anilines is 1. The second-order valence-corrected chi connectivity index (χ2v) is 4.83. The van der Waals surface area contributed by atoms with Crippen LogP contribution in [0.4, 0.5) is 5.69 Å². The summed E-state index contributed by atoms with van der Waals surface area (Å²) in [4.78, 5) is 11.6. The average molecular weight is 264 g/mol. The van der Waals surface area contributed by atoms with Crippen molar-refractivity contribution in [1.29, 1.82) is 0 Å². The first-order valence-electron chi connectivity index (χ1n) is 6.00. The van der Waals surface area contributed by atoms with Gasteiger partial charge in [-0.3, -0.25) is 4.79 Å². The van der Waals surface area contributed by atoms with Crippen LogP contribution in [0.15, 0.2) is 36.9 Å². The normalized spacial score (nSPS) is 9.83. The molecule has 0 saturated carbocycles. The van der Waals surface area contributed by atoms with E-state index in [0.717, 1.165) is 24.4 Å². The van der Waals surface area contributed by atoms with Gasteiger partial charge in [0.25, 0.3) is 5.91 Å². The van der Waals surface area contributed by atoms with Crippen LogP contribution < -0.4 is 10.6 Å². The molecular weight excluding hydrogens is 244 g/mol. The predicted octanol–water partition coefficient (Wildman–Crippen LogP) is 2.77. The molecule has 0 aliphatic heterocycles. The molecule has 4 heteroatoms. The summed E-state index contributed by atoms with van der Waals surface area (Å²) in [6, 6.07) is 7.52. The minimum atomic E-state index is -0.0659. The van der Waals surface area contributed by atoms with E-state index in [4.69, 9.17) is 0 Å². The van der Waals surface area contributed by atoms with Crippen molar-refractivity contribution in [2.24, 2.45) is 0 Å². The summed E-state index contributed by atoms with van der Waals surface area (Å²) in [7, 11) is 0. The zero-order valence-electron chi connectivity index (χ0n) is 10.7. The van der Waals surface area contributed by atoms with Crippen LogP contribution in [-0.4, -0.2) is 31.0 Å². The lowest BCUT2D eigenvalue weighted by molar-refractivity contribution is 0.0958. The molecule has 1 amide bonds. The summed E-state index contributed by atoms with van der Waals surface area (Å²) in [6.07, 6.45) is 4.92. The highest BCUT2D eigenvalue weighted by Crippen LogP contribution is 2.09. The van der Waals surface area contributed by atoms with Crippen LogP contribution in [-0.2, 0) is 0 Å². The minimum Gasteiger partial charge on any atom is -0.385 e. The van der Waals surface area contributed by atoms with Crippen LogP contribution in [0.3, 0.4) is 0 Å². The SMILES string of the molecule is C=CCNC(=O)c1ccc(NCCCSC)cc1. The van der Waals surface area contributed by atoms with Crippen LogP contribution in [0.2, 0.25) is 0 Å². The van der Waals surface area contributed by atoms with Gasteiger partial charge in [0.1, 0.15) is 0 Å². The molecule has 0 bridgehead atoms. The van der Waals surface area contributed by atoms with E-state index in [1.54, 1.807) is 6.08 Å². The second-order valence-electron chi connectivity index (χ2n) is 3.85. The molecule has 0 unspecified atom stereocenters. The van der Waals surface area contributed by atoms with Crippen molar-refractivity contribution in [3.8, 4) is 0 Å². The lowest BCUT2D eigenvalue weighted by Crippen LogP contribution is -2.23. The molecule has 98 valence electrons. The predicted molar refractivity (Wildman–Crippen MR) is 80.5 cm³/mol. The standard InChI is InChI=1S/C14H20N2OS/c1-3-9-16-14(17)12-5-7-13(8-6-12)15-10-4-11-18-2/h3,5-8,15H,1,4,9-11H2,2H3,(H,16,17). The summed E-state index contributed by atoms with van der Waals surface area (Å²) in [6.45, 7) is 5.02. The van der Waals surface area contributed by atoms with Gasteiger partial charge in [0.2, 0.25) is 0 Å². The van der Waals surface area contributed by atoms with Gasteiger partial charge in [0.15, 0.2) is 0 Å². The number of carbonyl (C=O) groups is 1. The molecule has 0 radical (unpaired) electrons. The molecule has 1 rings (SSSR count). The first kappa shape index (κ1) is 14.6. The number of hydrogen-bond acceptors (Lipinski definition) is 3. The van der Waals surface area contributed by atoms with Gasteiger partial charge >= 0.3 is 0 Å². The van der Waals surface area contributed by atoms with E-state index in [0.29, 0.717) is 12.1 Å². The fourth-order valence-electron chi connectivity index (χ4n) is 1.46. The lowest BCUT2D eigenvalue weighted by atomic mass is 10.2. The largest absolute Gasteiger partial charge is 0.385 e. The van der Waals surface area contributed by atoms with E-state index in [-0.39, 0.29) is 5.91 Å². The lowest BCUT2D eigenvalue weighted by Gasteiger charge is -2.07. The Morgan fingerprint density at radius 2 is 2.11 bits per heavy atom. The third-order valence-electron chi connectivity index (χ3n) is 2.41. The molecule has 0 fully saturated rings. The van der Waals surface area contributed by atoms with Crippen LogP contribution in [0, 0.1) is 0 Å². The first-order valence-corrected chi connectivity index (χ1v) is 7.39. The van der Waals surface area contributed by atoms with Gasteiger partial charge in [-0.05, 0) is 42.7 Å². The molecule has 0 atom stereocenters. The van der Waals surface area contributed by atoms with Crippen molar-refractivity contribution in [2.45, 2.75) is 6.42 Å². The number of carbonyl (C=O) groups excluding carboxylic acids is 1. The maximum Gasteiger partial charge on any atom is 0.251 e. The Hall–Kier alpha value is -1.42. The van der Waals surface area contributed by atoms with Gasteiger partial charge in [-0.2, -0.15) is 11.8 Å². The fourth-order valence-corrected chi connectivity index (χ4v) is 1.89. The summed E-state index contributed by atoms with van der Waals surface area (Å²) >= 11 is 1.85. The van der Waals surface area contributed by atoms with Gasteiger partial charge < -0.3 is 10.6 Å². The van der Waals surface area contributed by atoms with Crippen LogP contribution >= 0.6 is 11.8 Å². The summed E-state index contributed by atoms with van der Waals surface area (Å²) < 4.78 is 0. The Morgan fingerprint density at radius 1 is 1.39 bits per heavy atom. The summed E-state index contributed by atoms with van der Waals surface area (Å²) in [5.41, 5.74) is 1.72. The molecule has 0 aromatic heterocycles. The zero-order valence-corrected chi connectivity index (χ0v) is 11.6. The molecular formula is C14H20N2OS. The Kier molecular flexibility index (Phi) is 7.03. The third kappa shape index (κ3) is 5.27. The van der Waals surface area contributed by atoms with Crippen molar-refractivity contribution in [1.82, 2.24) is 5.32 Å². The van der Waals surface area contributed by atoms with Gasteiger partial charge in [-0.1, -0.05) is 6.08 Å². The van der Waals surface area contributed by atoms with Crippen molar-refractivity contribution < 1.29 is 4.79 Å². The van der Waals surface area contributed by atoms with Crippen LogP contribution in [0.1, 0.15) is 16.8 Å². The number of thioether (sulfide) groups is 1. The van der Waals surface area contributed by atoms with Gasteiger partial charge in [-0.25, -0.2) is 0 Å². The van der Waals surface area contributed by atoms with Crippen LogP contribution in [0.5, 0.6) is 0 Å². The second kappa shape index (κ2) is 8.64. The number of nitrogens with one attached hydrogen (secondary N) is 2. The van der Waals surface area contributed by atoms with Crippen molar-refractivity contribution in [3.63, 3.8) is 0 Å². The van der Waals surface area contributed by atoms with Crippen LogP contribution in [0.25, 0.3) is 0 Å². The van der Waals surface area contributed by atoms with Gasteiger partial charge in [0, 0.05) is 24.3 Å². The van der Waals surface area contributed by atoms with Crippen molar-refractivity contribution in [3.05, 3.63) is 42.5 Å². The summed E-state index contributed by atoms with van der Waals surface area (Å²) in [5, 5.41) is 6.08. The molecule has 0 heterocycles. The molecule has 0 aliphatic carbocycles. The maximum atomic E-state index is 11.6. The quantitative estimate of drug-likeness (QED) is 0.560.